The van der Waals surface area contributed by atoms with E-state index >= 15 is 0 Å². The Bertz CT molecular complexity index is 430. The van der Waals surface area contributed by atoms with Gasteiger partial charge in [0, 0.05) is 0 Å². The van der Waals surface area contributed by atoms with Gasteiger partial charge >= 0.3 is 6.09 Å². The van der Waals surface area contributed by atoms with Crippen molar-refractivity contribution in [2.45, 2.75) is 33.0 Å². The van der Waals surface area contributed by atoms with Gasteiger partial charge in [-0.1, -0.05) is 17.7 Å². The summed E-state index contributed by atoms with van der Waals surface area (Å²) in [6.45, 7) is 5.62. The molecule has 0 bridgehead atoms. The smallest absolute Gasteiger partial charge is 0.412 e. The summed E-state index contributed by atoms with van der Waals surface area (Å²) in [5.74, 6) is 4.97. The molecule has 6 heteroatoms. The SMILES string of the molecule is CC(C)(C)OC(=O)Nc1ccc(CON)cc1Cl. The molecule has 0 unspecified atom stereocenters. The molecular weight excluding hydrogens is 256 g/mol. The fraction of sp³-hybridized carbons (Fsp3) is 0.417. The van der Waals surface area contributed by atoms with Crippen molar-refractivity contribution in [3.63, 3.8) is 0 Å². The van der Waals surface area contributed by atoms with Crippen LogP contribution in [0.4, 0.5) is 10.5 Å². The third-order valence-corrected chi connectivity index (χ3v) is 2.23. The lowest BCUT2D eigenvalue weighted by Crippen LogP contribution is -2.27. The Morgan fingerprint density at radius 3 is 2.61 bits per heavy atom. The molecule has 0 spiro atoms. The van der Waals surface area contributed by atoms with Crippen LogP contribution in [0, 0.1) is 0 Å². The second kappa shape index (κ2) is 6.04. The molecular formula is C12H17ClN2O3. The predicted molar refractivity (Wildman–Crippen MR) is 70.3 cm³/mol. The highest BCUT2D eigenvalue weighted by molar-refractivity contribution is 6.33. The van der Waals surface area contributed by atoms with Gasteiger partial charge in [-0.2, -0.15) is 0 Å². The second-order valence-corrected chi connectivity index (χ2v) is 5.16. The second-order valence-electron chi connectivity index (χ2n) is 4.75. The van der Waals surface area contributed by atoms with Crippen LogP contribution in [0.1, 0.15) is 26.3 Å². The van der Waals surface area contributed by atoms with E-state index in [0.717, 1.165) is 5.56 Å². The zero-order valence-electron chi connectivity index (χ0n) is 10.6. The predicted octanol–water partition coefficient (Wildman–Crippen LogP) is 3.08. The highest BCUT2D eigenvalue weighted by Crippen LogP contribution is 2.24. The summed E-state index contributed by atoms with van der Waals surface area (Å²) in [5.41, 5.74) is 0.744. The maximum atomic E-state index is 11.6. The van der Waals surface area contributed by atoms with E-state index in [1.807, 2.05) is 0 Å². The van der Waals surface area contributed by atoms with Crippen LogP contribution in [-0.4, -0.2) is 11.7 Å². The summed E-state index contributed by atoms with van der Waals surface area (Å²) >= 11 is 6.01. The van der Waals surface area contributed by atoms with E-state index in [9.17, 15) is 4.79 Å². The van der Waals surface area contributed by atoms with Crippen LogP contribution in [0.3, 0.4) is 0 Å². The van der Waals surface area contributed by atoms with E-state index in [2.05, 4.69) is 10.2 Å². The number of benzene rings is 1. The van der Waals surface area contributed by atoms with E-state index in [1.54, 1.807) is 39.0 Å². The van der Waals surface area contributed by atoms with Crippen LogP contribution in [0.2, 0.25) is 5.02 Å². The molecule has 0 heterocycles. The molecule has 18 heavy (non-hydrogen) atoms. The van der Waals surface area contributed by atoms with Gasteiger partial charge in [0.25, 0.3) is 0 Å². The number of hydrogen-bond donors (Lipinski definition) is 2. The summed E-state index contributed by atoms with van der Waals surface area (Å²) in [7, 11) is 0. The van der Waals surface area contributed by atoms with Crippen molar-refractivity contribution < 1.29 is 14.4 Å². The number of anilines is 1. The fourth-order valence-corrected chi connectivity index (χ4v) is 1.51. The number of rotatable bonds is 3. The van der Waals surface area contributed by atoms with Gasteiger partial charge in [0.1, 0.15) is 5.60 Å². The molecule has 5 nitrogen and oxygen atoms in total. The van der Waals surface area contributed by atoms with Crippen molar-refractivity contribution in [3.05, 3.63) is 28.8 Å². The van der Waals surface area contributed by atoms with Crippen LogP contribution in [0.15, 0.2) is 18.2 Å². The molecule has 0 aliphatic heterocycles. The number of carbonyl (C=O) groups is 1. The third kappa shape index (κ3) is 4.91. The van der Waals surface area contributed by atoms with Gasteiger partial charge in [-0.25, -0.2) is 10.7 Å². The normalized spacial score (nSPS) is 11.2. The molecule has 0 aromatic heterocycles. The molecule has 3 N–H and O–H groups in total. The maximum Gasteiger partial charge on any atom is 0.412 e. The number of hydrogen-bond acceptors (Lipinski definition) is 4. The van der Waals surface area contributed by atoms with E-state index in [4.69, 9.17) is 22.2 Å². The first kappa shape index (κ1) is 14.8. The highest BCUT2D eigenvalue weighted by Gasteiger charge is 2.17. The van der Waals surface area contributed by atoms with Crippen LogP contribution >= 0.6 is 11.6 Å². The number of ether oxygens (including phenoxy) is 1. The van der Waals surface area contributed by atoms with Crippen LogP contribution in [-0.2, 0) is 16.2 Å². The average Bonchev–Trinajstić information content (AvgIpc) is 2.20. The van der Waals surface area contributed by atoms with E-state index in [-0.39, 0.29) is 6.61 Å². The van der Waals surface area contributed by atoms with Crippen molar-refractivity contribution in [1.82, 2.24) is 0 Å². The molecule has 1 aromatic rings. The zero-order valence-corrected chi connectivity index (χ0v) is 11.4. The molecule has 0 saturated heterocycles. The van der Waals surface area contributed by atoms with Gasteiger partial charge in [-0.05, 0) is 38.5 Å². The van der Waals surface area contributed by atoms with Crippen LogP contribution < -0.4 is 11.2 Å². The van der Waals surface area contributed by atoms with Crippen molar-refractivity contribution in [3.8, 4) is 0 Å². The molecule has 0 radical (unpaired) electrons. The summed E-state index contributed by atoms with van der Waals surface area (Å²) in [4.78, 5) is 16.1. The Morgan fingerprint density at radius 1 is 1.44 bits per heavy atom. The van der Waals surface area contributed by atoms with Gasteiger partial charge in [-0.15, -0.1) is 0 Å². The number of nitrogens with two attached hydrogens (primary N) is 1. The lowest BCUT2D eigenvalue weighted by Gasteiger charge is -2.20. The zero-order chi connectivity index (χ0) is 13.8. The number of carbonyl (C=O) groups excluding carboxylic acids is 1. The van der Waals surface area contributed by atoms with Crippen molar-refractivity contribution >= 4 is 23.4 Å². The molecule has 1 rings (SSSR count). The van der Waals surface area contributed by atoms with Gasteiger partial charge in [0.2, 0.25) is 0 Å². The fourth-order valence-electron chi connectivity index (χ4n) is 1.26. The first-order valence-corrected chi connectivity index (χ1v) is 5.80. The minimum atomic E-state index is -0.552. The van der Waals surface area contributed by atoms with E-state index in [1.165, 1.54) is 0 Å². The summed E-state index contributed by atoms with van der Waals surface area (Å²) in [6.07, 6.45) is -0.549. The lowest BCUT2D eigenvalue weighted by atomic mass is 10.2. The van der Waals surface area contributed by atoms with Crippen LogP contribution in [0.25, 0.3) is 0 Å². The number of halogens is 1. The molecule has 1 amide bonds. The van der Waals surface area contributed by atoms with Gasteiger partial charge in [-0.3, -0.25) is 10.2 Å². The van der Waals surface area contributed by atoms with Gasteiger partial charge < -0.3 is 4.74 Å². The highest BCUT2D eigenvalue weighted by atomic mass is 35.5. The largest absolute Gasteiger partial charge is 0.444 e. The molecule has 0 aliphatic carbocycles. The summed E-state index contributed by atoms with van der Waals surface area (Å²) in [5, 5.41) is 2.97. The Balaban J connectivity index is 2.71. The minimum Gasteiger partial charge on any atom is -0.444 e. The third-order valence-electron chi connectivity index (χ3n) is 1.92. The number of nitrogens with one attached hydrogen (secondary N) is 1. The Morgan fingerprint density at radius 2 is 2.11 bits per heavy atom. The molecule has 0 aliphatic rings. The first-order valence-electron chi connectivity index (χ1n) is 5.42. The van der Waals surface area contributed by atoms with Gasteiger partial charge in [0.15, 0.2) is 0 Å². The Hall–Kier alpha value is -1.30. The summed E-state index contributed by atoms with van der Waals surface area (Å²) < 4.78 is 5.12. The monoisotopic (exact) mass is 272 g/mol. The molecule has 0 fully saturated rings. The standard InChI is InChI=1S/C12H17ClN2O3/c1-12(2,3)18-11(16)15-10-5-4-8(7-17-14)6-9(10)13/h4-6H,7,14H2,1-3H3,(H,15,16). The molecule has 0 saturated carbocycles. The quantitative estimate of drug-likeness (QED) is 0.830. The summed E-state index contributed by atoms with van der Waals surface area (Å²) in [6, 6.07) is 5.09. The van der Waals surface area contributed by atoms with Crippen LogP contribution in [0.5, 0.6) is 0 Å². The average molecular weight is 273 g/mol. The van der Waals surface area contributed by atoms with Crippen molar-refractivity contribution in [2.24, 2.45) is 5.90 Å². The van der Waals surface area contributed by atoms with Gasteiger partial charge in [0.05, 0.1) is 17.3 Å². The van der Waals surface area contributed by atoms with Crippen molar-refractivity contribution in [1.29, 1.82) is 0 Å². The molecule has 100 valence electrons. The maximum absolute atomic E-state index is 11.6. The lowest BCUT2D eigenvalue weighted by molar-refractivity contribution is 0.0636. The Labute approximate surface area is 111 Å². The first-order chi connectivity index (χ1) is 8.31. The minimum absolute atomic E-state index is 0.256. The van der Waals surface area contributed by atoms with Crippen molar-refractivity contribution in [2.75, 3.05) is 5.32 Å². The Kier molecular flexibility index (Phi) is 4.95. The van der Waals surface area contributed by atoms with E-state index in [0.29, 0.717) is 10.7 Å². The number of amides is 1. The molecule has 1 aromatic carbocycles. The molecule has 0 atom stereocenters. The topological polar surface area (TPSA) is 73.6 Å². The van der Waals surface area contributed by atoms with E-state index < -0.39 is 11.7 Å².